The normalized spacial score (nSPS) is 18.0. The average Bonchev–Trinajstić information content (AvgIpc) is 3.41. The van der Waals surface area contributed by atoms with Gasteiger partial charge in [-0.05, 0) is 43.2 Å². The maximum absolute atomic E-state index is 13.4. The van der Waals surface area contributed by atoms with Crippen molar-refractivity contribution in [1.82, 2.24) is 10.2 Å². The van der Waals surface area contributed by atoms with Crippen LogP contribution in [0.2, 0.25) is 0 Å². The van der Waals surface area contributed by atoms with Gasteiger partial charge in [0.25, 0.3) is 5.91 Å². The summed E-state index contributed by atoms with van der Waals surface area (Å²) in [7, 11) is 0. The molecule has 7 nitrogen and oxygen atoms in total. The molecule has 0 spiro atoms. The summed E-state index contributed by atoms with van der Waals surface area (Å²) in [5.74, 6) is -0.205. The summed E-state index contributed by atoms with van der Waals surface area (Å²) >= 11 is 0. The molecule has 0 bridgehead atoms. The molecule has 7 heteroatoms. The largest absolute Gasteiger partial charge is 0.467 e. The minimum absolute atomic E-state index is 0.191. The monoisotopic (exact) mass is 431 g/mol. The lowest BCUT2D eigenvalue weighted by Crippen LogP contribution is -2.45. The third-order valence-corrected chi connectivity index (χ3v) is 5.81. The average molecular weight is 431 g/mol. The molecular formula is C25H25N3O4. The first-order valence-electron chi connectivity index (χ1n) is 10.5. The fourth-order valence-electron chi connectivity index (χ4n) is 3.96. The first kappa shape index (κ1) is 21.4. The molecule has 0 aliphatic carbocycles. The van der Waals surface area contributed by atoms with E-state index in [-0.39, 0.29) is 19.0 Å². The number of imide groups is 1. The smallest absolute Gasteiger partial charge is 0.325 e. The van der Waals surface area contributed by atoms with Crippen LogP contribution < -0.4 is 10.2 Å². The van der Waals surface area contributed by atoms with Crippen molar-refractivity contribution < 1.29 is 18.8 Å². The van der Waals surface area contributed by atoms with E-state index < -0.39 is 17.5 Å². The van der Waals surface area contributed by atoms with E-state index in [1.54, 1.807) is 18.4 Å². The Hall–Kier alpha value is -3.87. The number of carbonyl (C=O) groups is 3. The Bertz CT molecular complexity index is 1110. The third-order valence-electron chi connectivity index (χ3n) is 5.81. The highest BCUT2D eigenvalue weighted by Crippen LogP contribution is 2.32. The summed E-state index contributed by atoms with van der Waals surface area (Å²) in [5.41, 5.74) is 1.24. The molecule has 1 aliphatic rings. The number of aryl methyl sites for hydroxylation is 1. The summed E-state index contributed by atoms with van der Waals surface area (Å²) < 4.78 is 5.43. The van der Waals surface area contributed by atoms with Crippen LogP contribution in [0.1, 0.15) is 30.2 Å². The van der Waals surface area contributed by atoms with Crippen LogP contribution in [0.15, 0.2) is 77.4 Å². The Kier molecular flexibility index (Phi) is 5.81. The Morgan fingerprint density at radius 2 is 1.75 bits per heavy atom. The molecule has 1 unspecified atom stereocenters. The SMILES string of the molecule is CCC1(c2ccccc2)NC(=O)N(CC(=O)N(Cc2ccco2)c2ccc(C)cc2)C1=O. The summed E-state index contributed by atoms with van der Waals surface area (Å²) in [5, 5.41) is 2.82. The number of urea groups is 1. The van der Waals surface area contributed by atoms with E-state index in [4.69, 9.17) is 4.42 Å². The molecule has 1 N–H and O–H groups in total. The Morgan fingerprint density at radius 1 is 1.03 bits per heavy atom. The number of amides is 4. The van der Waals surface area contributed by atoms with E-state index in [9.17, 15) is 14.4 Å². The van der Waals surface area contributed by atoms with Crippen LogP contribution >= 0.6 is 0 Å². The number of nitrogens with one attached hydrogen (secondary N) is 1. The van der Waals surface area contributed by atoms with Crippen molar-refractivity contribution in [1.29, 1.82) is 0 Å². The lowest BCUT2D eigenvalue weighted by atomic mass is 9.87. The first-order chi connectivity index (χ1) is 15.4. The predicted octanol–water partition coefficient (Wildman–Crippen LogP) is 3.98. The van der Waals surface area contributed by atoms with Gasteiger partial charge in [-0.15, -0.1) is 0 Å². The van der Waals surface area contributed by atoms with E-state index >= 15 is 0 Å². The lowest BCUT2D eigenvalue weighted by Gasteiger charge is -2.27. The molecule has 1 saturated heterocycles. The van der Waals surface area contributed by atoms with Gasteiger partial charge in [0.15, 0.2) is 0 Å². The third kappa shape index (κ3) is 3.89. The zero-order valence-corrected chi connectivity index (χ0v) is 18.1. The fraction of sp³-hybridized carbons (Fsp3) is 0.240. The van der Waals surface area contributed by atoms with Crippen molar-refractivity contribution in [2.24, 2.45) is 0 Å². The Labute approximate surface area is 186 Å². The highest BCUT2D eigenvalue weighted by Gasteiger charge is 2.51. The standard InChI is InChI=1S/C25H25N3O4/c1-3-25(19-8-5-4-6-9-19)23(30)28(24(31)26-25)17-22(29)27(16-21-10-7-15-32-21)20-13-11-18(2)12-14-20/h4-15H,3,16-17H2,1-2H3,(H,26,31). The van der Waals surface area contributed by atoms with Gasteiger partial charge in [0.1, 0.15) is 17.8 Å². The maximum atomic E-state index is 13.4. The van der Waals surface area contributed by atoms with Crippen LogP contribution in [0.3, 0.4) is 0 Å². The molecule has 4 amide bonds. The van der Waals surface area contributed by atoms with Crippen LogP contribution in [0.25, 0.3) is 0 Å². The highest BCUT2D eigenvalue weighted by atomic mass is 16.3. The van der Waals surface area contributed by atoms with Gasteiger partial charge in [-0.25, -0.2) is 4.79 Å². The number of rotatable bonds is 7. The van der Waals surface area contributed by atoms with Crippen LogP contribution in [0, 0.1) is 6.92 Å². The van der Waals surface area contributed by atoms with Crippen molar-refractivity contribution in [3.63, 3.8) is 0 Å². The van der Waals surface area contributed by atoms with Gasteiger partial charge in [-0.3, -0.25) is 14.5 Å². The van der Waals surface area contributed by atoms with Crippen molar-refractivity contribution in [2.75, 3.05) is 11.4 Å². The molecule has 0 saturated carbocycles. The molecule has 4 rings (SSSR count). The maximum Gasteiger partial charge on any atom is 0.325 e. The van der Waals surface area contributed by atoms with Crippen molar-refractivity contribution in [3.05, 3.63) is 89.9 Å². The summed E-state index contributed by atoms with van der Waals surface area (Å²) in [4.78, 5) is 42.0. The second kappa shape index (κ2) is 8.70. The minimum atomic E-state index is -1.17. The van der Waals surface area contributed by atoms with Crippen LogP contribution in [0.5, 0.6) is 0 Å². The number of carbonyl (C=O) groups excluding carboxylic acids is 3. The van der Waals surface area contributed by atoms with Gasteiger partial charge >= 0.3 is 6.03 Å². The van der Waals surface area contributed by atoms with Crippen molar-refractivity contribution in [2.45, 2.75) is 32.4 Å². The summed E-state index contributed by atoms with van der Waals surface area (Å²) in [6.07, 6.45) is 1.92. The van der Waals surface area contributed by atoms with Crippen LogP contribution in [0.4, 0.5) is 10.5 Å². The minimum Gasteiger partial charge on any atom is -0.467 e. The van der Waals surface area contributed by atoms with Gasteiger partial charge in [0.2, 0.25) is 5.91 Å². The van der Waals surface area contributed by atoms with E-state index in [2.05, 4.69) is 5.32 Å². The van der Waals surface area contributed by atoms with Gasteiger partial charge in [0, 0.05) is 5.69 Å². The van der Waals surface area contributed by atoms with E-state index in [0.717, 1.165) is 10.5 Å². The van der Waals surface area contributed by atoms with E-state index in [1.807, 2.05) is 68.4 Å². The number of hydrogen-bond acceptors (Lipinski definition) is 4. The molecule has 0 radical (unpaired) electrons. The summed E-state index contributed by atoms with van der Waals surface area (Å²) in [6, 6.07) is 19.5. The van der Waals surface area contributed by atoms with Gasteiger partial charge in [-0.1, -0.05) is 55.0 Å². The summed E-state index contributed by atoms with van der Waals surface area (Å²) in [6.45, 7) is 3.62. The molecule has 1 fully saturated rings. The van der Waals surface area contributed by atoms with Crippen molar-refractivity contribution in [3.8, 4) is 0 Å². The zero-order chi connectivity index (χ0) is 22.7. The van der Waals surface area contributed by atoms with Gasteiger partial charge < -0.3 is 14.6 Å². The second-order valence-electron chi connectivity index (χ2n) is 7.84. The van der Waals surface area contributed by atoms with Crippen molar-refractivity contribution >= 4 is 23.5 Å². The quantitative estimate of drug-likeness (QED) is 0.574. The van der Waals surface area contributed by atoms with Gasteiger partial charge in [0.05, 0.1) is 12.8 Å². The second-order valence-corrected chi connectivity index (χ2v) is 7.84. The first-order valence-corrected chi connectivity index (χ1v) is 10.5. The number of benzene rings is 2. The molecule has 32 heavy (non-hydrogen) atoms. The topological polar surface area (TPSA) is 82.9 Å². The Morgan fingerprint density at radius 3 is 2.38 bits per heavy atom. The highest BCUT2D eigenvalue weighted by molar-refractivity contribution is 6.10. The number of anilines is 1. The molecule has 164 valence electrons. The zero-order valence-electron chi connectivity index (χ0n) is 18.1. The van der Waals surface area contributed by atoms with Crippen LogP contribution in [-0.2, 0) is 21.7 Å². The van der Waals surface area contributed by atoms with Crippen LogP contribution in [-0.4, -0.2) is 29.3 Å². The Balaban J connectivity index is 1.60. The fourth-order valence-corrected chi connectivity index (χ4v) is 3.96. The van der Waals surface area contributed by atoms with Gasteiger partial charge in [-0.2, -0.15) is 0 Å². The molecule has 3 aromatic rings. The molecule has 1 atom stereocenters. The van der Waals surface area contributed by atoms with E-state index in [0.29, 0.717) is 23.4 Å². The molecule has 1 aliphatic heterocycles. The van der Waals surface area contributed by atoms with E-state index in [1.165, 1.54) is 4.90 Å². The molecule has 1 aromatic heterocycles. The lowest BCUT2D eigenvalue weighted by molar-refractivity contribution is -0.134. The molecule has 2 aromatic carbocycles. The molecule has 2 heterocycles. The molecular weight excluding hydrogens is 406 g/mol. The number of hydrogen-bond donors (Lipinski definition) is 1. The number of nitrogens with zero attached hydrogens (tertiary/aromatic N) is 2. The number of furan rings is 1. The predicted molar refractivity (Wildman–Crippen MR) is 120 cm³/mol.